The first-order valence-electron chi connectivity index (χ1n) is 5.33. The monoisotopic (exact) mass is 310 g/mol. The molecule has 0 radical (unpaired) electrons. The van der Waals surface area contributed by atoms with Crippen LogP contribution in [0.2, 0.25) is 0 Å². The van der Waals surface area contributed by atoms with Gasteiger partial charge in [-0.1, -0.05) is 6.07 Å². The van der Waals surface area contributed by atoms with Crippen molar-refractivity contribution >= 4 is 33.3 Å². The Hall–Kier alpha value is -1.69. The number of hydrogen-bond acceptors (Lipinski definition) is 4. The highest BCUT2D eigenvalue weighted by molar-refractivity contribution is 9.10. The molecule has 0 atom stereocenters. The highest BCUT2D eigenvalue weighted by atomic mass is 79.9. The Balaban J connectivity index is 2.34. The molecule has 0 aliphatic carbocycles. The van der Waals surface area contributed by atoms with E-state index < -0.39 is 0 Å². The van der Waals surface area contributed by atoms with Gasteiger partial charge in [0.05, 0.1) is 5.69 Å². The van der Waals surface area contributed by atoms with Gasteiger partial charge in [-0.05, 0) is 40.5 Å². The van der Waals surface area contributed by atoms with Crippen LogP contribution in [0.4, 0.5) is 21.7 Å². The molecule has 0 aliphatic rings. The molecule has 1 aromatic carbocycles. The predicted octanol–water partition coefficient (Wildman–Crippen LogP) is 3.47. The summed E-state index contributed by atoms with van der Waals surface area (Å²) < 4.78 is 14.4. The minimum absolute atomic E-state index is 0.313. The molecule has 6 heteroatoms. The number of halogens is 2. The Kier molecular flexibility index (Phi) is 3.76. The fraction of sp³-hybridized carbons (Fsp3) is 0.167. The molecule has 0 spiro atoms. The van der Waals surface area contributed by atoms with Gasteiger partial charge in [-0.2, -0.15) is 0 Å². The van der Waals surface area contributed by atoms with Gasteiger partial charge in [-0.3, -0.25) is 0 Å². The van der Waals surface area contributed by atoms with Crippen LogP contribution in [-0.2, 0) is 0 Å². The van der Waals surface area contributed by atoms with Crippen molar-refractivity contribution in [2.75, 3.05) is 17.7 Å². The standard InChI is InChI=1S/C12H12BrFN4/c1-7-3-4-9(8(14)5-7)18-12-10(13)11(15-2)16-6-17-12/h3-6H,1-2H3,(H2,15,16,17,18). The van der Waals surface area contributed by atoms with E-state index in [9.17, 15) is 4.39 Å². The van der Waals surface area contributed by atoms with Crippen LogP contribution >= 0.6 is 15.9 Å². The van der Waals surface area contributed by atoms with Crippen molar-refractivity contribution in [3.05, 3.63) is 40.4 Å². The van der Waals surface area contributed by atoms with Crippen LogP contribution in [0.15, 0.2) is 29.0 Å². The number of aromatic nitrogens is 2. The maximum absolute atomic E-state index is 13.7. The van der Waals surface area contributed by atoms with Gasteiger partial charge in [0.2, 0.25) is 0 Å². The number of hydrogen-bond donors (Lipinski definition) is 2. The third-order valence-electron chi connectivity index (χ3n) is 2.40. The smallest absolute Gasteiger partial charge is 0.150 e. The molecular weight excluding hydrogens is 299 g/mol. The van der Waals surface area contributed by atoms with Gasteiger partial charge in [0.25, 0.3) is 0 Å². The summed E-state index contributed by atoms with van der Waals surface area (Å²) in [5.74, 6) is 0.837. The second kappa shape index (κ2) is 5.30. The summed E-state index contributed by atoms with van der Waals surface area (Å²) in [6.45, 7) is 1.84. The van der Waals surface area contributed by atoms with E-state index in [2.05, 4.69) is 36.5 Å². The topological polar surface area (TPSA) is 49.8 Å². The quantitative estimate of drug-likeness (QED) is 0.911. The summed E-state index contributed by atoms with van der Waals surface area (Å²) in [4.78, 5) is 8.10. The van der Waals surface area contributed by atoms with Gasteiger partial charge in [0.1, 0.15) is 28.3 Å². The highest BCUT2D eigenvalue weighted by Crippen LogP contribution is 2.29. The molecule has 0 amide bonds. The lowest BCUT2D eigenvalue weighted by Crippen LogP contribution is -2.01. The molecule has 94 valence electrons. The molecular formula is C12H12BrFN4. The van der Waals surface area contributed by atoms with Crippen LogP contribution in [-0.4, -0.2) is 17.0 Å². The zero-order valence-electron chi connectivity index (χ0n) is 9.96. The zero-order chi connectivity index (χ0) is 13.1. The SMILES string of the molecule is CNc1ncnc(Nc2ccc(C)cc2F)c1Br. The summed E-state index contributed by atoms with van der Waals surface area (Å²) in [5.41, 5.74) is 1.25. The first-order chi connectivity index (χ1) is 8.61. The van der Waals surface area contributed by atoms with Crippen molar-refractivity contribution in [1.82, 2.24) is 9.97 Å². The number of nitrogens with zero attached hydrogens (tertiary/aromatic N) is 2. The molecule has 18 heavy (non-hydrogen) atoms. The minimum atomic E-state index is -0.313. The molecule has 0 bridgehead atoms. The minimum Gasteiger partial charge on any atom is -0.372 e. The van der Waals surface area contributed by atoms with Crippen LogP contribution in [0.1, 0.15) is 5.56 Å². The van der Waals surface area contributed by atoms with E-state index in [1.807, 2.05) is 13.0 Å². The molecule has 0 fully saturated rings. The summed E-state index contributed by atoms with van der Waals surface area (Å²) >= 11 is 3.37. The van der Waals surface area contributed by atoms with Crippen molar-refractivity contribution in [3.8, 4) is 0 Å². The van der Waals surface area contributed by atoms with Gasteiger partial charge < -0.3 is 10.6 Å². The third-order valence-corrected chi connectivity index (χ3v) is 3.16. The number of rotatable bonds is 3. The summed E-state index contributed by atoms with van der Waals surface area (Å²) in [6, 6.07) is 4.98. The lowest BCUT2D eigenvalue weighted by atomic mass is 10.2. The summed E-state index contributed by atoms with van der Waals surface area (Å²) in [6.07, 6.45) is 1.41. The van der Waals surface area contributed by atoms with Gasteiger partial charge in [-0.15, -0.1) is 0 Å². The van der Waals surface area contributed by atoms with E-state index in [-0.39, 0.29) is 5.82 Å². The van der Waals surface area contributed by atoms with Crippen LogP contribution in [0.5, 0.6) is 0 Å². The lowest BCUT2D eigenvalue weighted by molar-refractivity contribution is 0.630. The fourth-order valence-corrected chi connectivity index (χ4v) is 1.98. The molecule has 0 saturated heterocycles. The molecule has 4 nitrogen and oxygen atoms in total. The van der Waals surface area contributed by atoms with E-state index in [4.69, 9.17) is 0 Å². The normalized spacial score (nSPS) is 10.2. The van der Waals surface area contributed by atoms with Crippen molar-refractivity contribution in [1.29, 1.82) is 0 Å². The Morgan fingerprint density at radius 1 is 1.22 bits per heavy atom. The lowest BCUT2D eigenvalue weighted by Gasteiger charge is -2.10. The molecule has 1 heterocycles. The first kappa shape index (κ1) is 12.8. The average Bonchev–Trinajstić information content (AvgIpc) is 2.35. The summed E-state index contributed by atoms with van der Waals surface area (Å²) in [7, 11) is 1.75. The van der Waals surface area contributed by atoms with Gasteiger partial charge in [0.15, 0.2) is 0 Å². The average molecular weight is 311 g/mol. The van der Waals surface area contributed by atoms with Gasteiger partial charge in [0, 0.05) is 7.05 Å². The Morgan fingerprint density at radius 2 is 1.94 bits per heavy atom. The largest absolute Gasteiger partial charge is 0.372 e. The van der Waals surface area contributed by atoms with E-state index in [1.54, 1.807) is 13.1 Å². The molecule has 1 aromatic heterocycles. The number of anilines is 3. The van der Waals surface area contributed by atoms with Crippen molar-refractivity contribution in [2.45, 2.75) is 6.92 Å². The molecule has 2 aromatic rings. The van der Waals surface area contributed by atoms with Crippen molar-refractivity contribution in [3.63, 3.8) is 0 Å². The maximum Gasteiger partial charge on any atom is 0.150 e. The molecule has 0 aliphatic heterocycles. The third kappa shape index (κ3) is 2.59. The van der Waals surface area contributed by atoms with Crippen molar-refractivity contribution in [2.24, 2.45) is 0 Å². The molecule has 0 saturated carbocycles. The zero-order valence-corrected chi connectivity index (χ0v) is 11.5. The number of nitrogens with one attached hydrogen (secondary N) is 2. The highest BCUT2D eigenvalue weighted by Gasteiger charge is 2.09. The van der Waals surface area contributed by atoms with Crippen LogP contribution in [0.25, 0.3) is 0 Å². The van der Waals surface area contributed by atoms with Crippen molar-refractivity contribution < 1.29 is 4.39 Å². The van der Waals surface area contributed by atoms with E-state index >= 15 is 0 Å². The van der Waals surface area contributed by atoms with E-state index in [0.29, 0.717) is 21.8 Å². The second-order valence-corrected chi connectivity index (χ2v) is 4.54. The number of aryl methyl sites for hydroxylation is 1. The van der Waals surface area contributed by atoms with E-state index in [0.717, 1.165) is 5.56 Å². The van der Waals surface area contributed by atoms with Gasteiger partial charge >= 0.3 is 0 Å². The van der Waals surface area contributed by atoms with E-state index in [1.165, 1.54) is 12.4 Å². The van der Waals surface area contributed by atoms with Crippen LogP contribution < -0.4 is 10.6 Å². The number of benzene rings is 1. The molecule has 2 rings (SSSR count). The Morgan fingerprint density at radius 3 is 2.61 bits per heavy atom. The van der Waals surface area contributed by atoms with Crippen LogP contribution in [0, 0.1) is 12.7 Å². The molecule has 2 N–H and O–H groups in total. The predicted molar refractivity (Wildman–Crippen MR) is 73.7 cm³/mol. The summed E-state index contributed by atoms with van der Waals surface area (Å²) in [5, 5.41) is 5.84. The fourth-order valence-electron chi connectivity index (χ4n) is 1.48. The van der Waals surface area contributed by atoms with Gasteiger partial charge in [-0.25, -0.2) is 14.4 Å². The Bertz CT molecular complexity index is 574. The van der Waals surface area contributed by atoms with Crippen LogP contribution in [0.3, 0.4) is 0 Å². The molecule has 0 unspecified atom stereocenters. The maximum atomic E-state index is 13.7. The Labute approximate surface area is 113 Å². The second-order valence-electron chi connectivity index (χ2n) is 3.74. The first-order valence-corrected chi connectivity index (χ1v) is 6.12.